The van der Waals surface area contributed by atoms with Gasteiger partial charge in [-0.05, 0) is 24.1 Å². The van der Waals surface area contributed by atoms with E-state index in [2.05, 4.69) is 20.0 Å². The van der Waals surface area contributed by atoms with Crippen molar-refractivity contribution < 1.29 is 32.9 Å². The molecule has 0 saturated heterocycles. The lowest BCUT2D eigenvalue weighted by Gasteiger charge is -2.16. The van der Waals surface area contributed by atoms with Gasteiger partial charge < -0.3 is 20.3 Å². The molecule has 0 bridgehead atoms. The monoisotopic (exact) mass is 371 g/mol. The van der Waals surface area contributed by atoms with Crippen LogP contribution in [-0.4, -0.2) is 45.7 Å². The third-order valence-electron chi connectivity index (χ3n) is 3.38. The van der Waals surface area contributed by atoms with Gasteiger partial charge in [0.25, 0.3) is 0 Å². The largest absolute Gasteiger partial charge is 0.573 e. The van der Waals surface area contributed by atoms with Crippen LogP contribution in [0.15, 0.2) is 36.7 Å². The minimum absolute atomic E-state index is 0.158. The number of hydrogen-bond donors (Lipinski definition) is 3. The van der Waals surface area contributed by atoms with Gasteiger partial charge in [0.15, 0.2) is 5.69 Å². The van der Waals surface area contributed by atoms with Crippen LogP contribution in [0.25, 0.3) is 0 Å². The van der Waals surface area contributed by atoms with E-state index in [4.69, 9.17) is 5.11 Å². The molecule has 7 nitrogen and oxygen atoms in total. The molecule has 10 heteroatoms. The highest BCUT2D eigenvalue weighted by Gasteiger charge is 2.30. The van der Waals surface area contributed by atoms with Crippen LogP contribution in [0.2, 0.25) is 0 Å². The standard InChI is InChI=1S/C16H16F3N3O4/c17-16(18,19)26-12-3-1-10(2-4-12)5-11(9-23)6-21-14-8-20-13(7-22-14)15(24)25/h1-4,7-8,11,23H,5-6,9H2,(H,21,22)(H,24,25). The number of halogens is 3. The first-order valence-electron chi connectivity index (χ1n) is 7.51. The topological polar surface area (TPSA) is 105 Å². The summed E-state index contributed by atoms with van der Waals surface area (Å²) in [5.74, 6) is -1.38. The van der Waals surface area contributed by atoms with Crippen molar-refractivity contribution in [1.82, 2.24) is 9.97 Å². The molecular formula is C16H16F3N3O4. The number of carbonyl (C=O) groups is 1. The molecule has 0 aliphatic rings. The van der Waals surface area contributed by atoms with Gasteiger partial charge in [0.05, 0.1) is 12.4 Å². The number of nitrogens with zero attached hydrogens (tertiary/aromatic N) is 2. The van der Waals surface area contributed by atoms with Crippen molar-refractivity contribution in [3.8, 4) is 5.75 Å². The first kappa shape index (κ1) is 19.4. The molecule has 1 heterocycles. The van der Waals surface area contributed by atoms with Crippen LogP contribution < -0.4 is 10.1 Å². The highest BCUT2D eigenvalue weighted by atomic mass is 19.4. The lowest BCUT2D eigenvalue weighted by Crippen LogP contribution is -2.21. The van der Waals surface area contributed by atoms with Crippen LogP contribution in [0.4, 0.5) is 19.0 Å². The van der Waals surface area contributed by atoms with Crippen molar-refractivity contribution in [2.75, 3.05) is 18.5 Å². The maximum atomic E-state index is 12.1. The molecule has 0 aliphatic carbocycles. The smallest absolute Gasteiger partial charge is 0.476 e. The number of rotatable bonds is 8. The normalized spacial score (nSPS) is 12.5. The Bertz CT molecular complexity index is 721. The number of benzene rings is 1. The molecule has 0 spiro atoms. The number of aromatic carboxylic acids is 1. The first-order chi connectivity index (χ1) is 12.3. The molecule has 1 aromatic carbocycles. The van der Waals surface area contributed by atoms with E-state index in [0.29, 0.717) is 18.8 Å². The zero-order valence-corrected chi connectivity index (χ0v) is 13.4. The molecule has 1 atom stereocenters. The van der Waals surface area contributed by atoms with Gasteiger partial charge in [-0.1, -0.05) is 12.1 Å². The van der Waals surface area contributed by atoms with E-state index in [1.165, 1.54) is 30.5 Å². The van der Waals surface area contributed by atoms with Crippen molar-refractivity contribution in [2.24, 2.45) is 5.92 Å². The van der Waals surface area contributed by atoms with Gasteiger partial charge in [-0.2, -0.15) is 0 Å². The van der Waals surface area contributed by atoms with Crippen molar-refractivity contribution in [3.63, 3.8) is 0 Å². The Morgan fingerprint density at radius 3 is 2.38 bits per heavy atom. The van der Waals surface area contributed by atoms with Gasteiger partial charge in [-0.3, -0.25) is 0 Å². The van der Waals surface area contributed by atoms with Gasteiger partial charge >= 0.3 is 12.3 Å². The molecular weight excluding hydrogens is 355 g/mol. The molecule has 1 aromatic heterocycles. The van der Waals surface area contributed by atoms with Crippen molar-refractivity contribution >= 4 is 11.8 Å². The molecule has 26 heavy (non-hydrogen) atoms. The SMILES string of the molecule is O=C(O)c1cnc(NCC(CO)Cc2ccc(OC(F)(F)F)cc2)cn1. The fourth-order valence-electron chi connectivity index (χ4n) is 2.14. The molecule has 0 fully saturated rings. The molecule has 140 valence electrons. The molecule has 0 saturated carbocycles. The van der Waals surface area contributed by atoms with Crippen LogP contribution >= 0.6 is 0 Å². The third kappa shape index (κ3) is 6.20. The van der Waals surface area contributed by atoms with Gasteiger partial charge in [-0.15, -0.1) is 13.2 Å². The summed E-state index contributed by atoms with van der Waals surface area (Å²) in [7, 11) is 0. The maximum Gasteiger partial charge on any atom is 0.573 e. The molecule has 0 aliphatic heterocycles. The summed E-state index contributed by atoms with van der Waals surface area (Å²) in [6, 6.07) is 5.40. The fourth-order valence-corrected chi connectivity index (χ4v) is 2.14. The Hall–Kier alpha value is -2.88. The van der Waals surface area contributed by atoms with E-state index in [1.807, 2.05) is 0 Å². The number of hydrogen-bond acceptors (Lipinski definition) is 6. The van der Waals surface area contributed by atoms with E-state index >= 15 is 0 Å². The fraction of sp³-hybridized carbons (Fsp3) is 0.312. The Labute approximate surface area is 146 Å². The molecule has 1 unspecified atom stereocenters. The maximum absolute atomic E-state index is 12.1. The Kier molecular flexibility index (Phi) is 6.34. The molecule has 2 rings (SSSR count). The summed E-state index contributed by atoms with van der Waals surface area (Å²) in [6.45, 7) is 0.160. The summed E-state index contributed by atoms with van der Waals surface area (Å²) in [5, 5.41) is 21.1. The number of aliphatic hydroxyl groups is 1. The second-order valence-corrected chi connectivity index (χ2v) is 5.42. The van der Waals surface area contributed by atoms with Gasteiger partial charge in [-0.25, -0.2) is 14.8 Å². The Morgan fingerprint density at radius 2 is 1.88 bits per heavy atom. The van der Waals surface area contributed by atoms with Crippen LogP contribution in [-0.2, 0) is 6.42 Å². The number of carboxylic acids is 1. The number of aliphatic hydroxyl groups excluding tert-OH is 1. The predicted octanol–water partition coefficient (Wildman–Crippen LogP) is 2.34. The third-order valence-corrected chi connectivity index (χ3v) is 3.38. The van der Waals surface area contributed by atoms with Crippen LogP contribution in [0.3, 0.4) is 0 Å². The lowest BCUT2D eigenvalue weighted by atomic mass is 10.00. The average Bonchev–Trinajstić information content (AvgIpc) is 2.59. The summed E-state index contributed by atoms with van der Waals surface area (Å²) in [6.07, 6.45) is -1.95. The first-order valence-corrected chi connectivity index (χ1v) is 7.51. The number of anilines is 1. The molecule has 0 amide bonds. The molecule has 0 radical (unpaired) electrons. The number of aromatic nitrogens is 2. The van der Waals surface area contributed by atoms with Gasteiger partial charge in [0.2, 0.25) is 0 Å². The highest BCUT2D eigenvalue weighted by Crippen LogP contribution is 2.23. The van der Waals surface area contributed by atoms with E-state index < -0.39 is 12.3 Å². The number of alkyl halides is 3. The zero-order valence-electron chi connectivity index (χ0n) is 13.4. The summed E-state index contributed by atoms with van der Waals surface area (Å²) in [4.78, 5) is 18.3. The van der Waals surface area contributed by atoms with E-state index in [9.17, 15) is 23.1 Å². The van der Waals surface area contributed by atoms with Crippen molar-refractivity contribution in [3.05, 3.63) is 47.9 Å². The number of carboxylic acid groups (broad SMARTS) is 1. The summed E-state index contributed by atoms with van der Waals surface area (Å²) < 4.78 is 40.2. The number of nitrogens with one attached hydrogen (secondary N) is 1. The second kappa shape index (κ2) is 8.48. The Morgan fingerprint density at radius 1 is 1.19 bits per heavy atom. The highest BCUT2D eigenvalue weighted by molar-refractivity contribution is 5.84. The minimum Gasteiger partial charge on any atom is -0.476 e. The Balaban J connectivity index is 1.89. The molecule has 2 aromatic rings. The van der Waals surface area contributed by atoms with Gasteiger partial charge in [0, 0.05) is 19.1 Å². The summed E-state index contributed by atoms with van der Waals surface area (Å²) >= 11 is 0. The number of ether oxygens (including phenoxy) is 1. The predicted molar refractivity (Wildman–Crippen MR) is 84.9 cm³/mol. The van der Waals surface area contributed by atoms with E-state index in [-0.39, 0.29) is 24.0 Å². The molecule has 3 N–H and O–H groups in total. The zero-order chi connectivity index (χ0) is 19.2. The summed E-state index contributed by atoms with van der Waals surface area (Å²) in [5.41, 5.74) is 0.545. The lowest BCUT2D eigenvalue weighted by molar-refractivity contribution is -0.274. The van der Waals surface area contributed by atoms with E-state index in [0.717, 1.165) is 11.8 Å². The van der Waals surface area contributed by atoms with Crippen molar-refractivity contribution in [2.45, 2.75) is 12.8 Å². The van der Waals surface area contributed by atoms with E-state index in [1.54, 1.807) is 0 Å². The average molecular weight is 371 g/mol. The van der Waals surface area contributed by atoms with Crippen LogP contribution in [0, 0.1) is 5.92 Å². The van der Waals surface area contributed by atoms with Crippen LogP contribution in [0.5, 0.6) is 5.75 Å². The second-order valence-electron chi connectivity index (χ2n) is 5.42. The minimum atomic E-state index is -4.74. The quantitative estimate of drug-likeness (QED) is 0.654. The van der Waals surface area contributed by atoms with Crippen molar-refractivity contribution in [1.29, 1.82) is 0 Å². The van der Waals surface area contributed by atoms with Gasteiger partial charge in [0.1, 0.15) is 11.6 Å². The van der Waals surface area contributed by atoms with Crippen LogP contribution in [0.1, 0.15) is 16.1 Å².